The number of rotatable bonds is 1. The minimum absolute atomic E-state index is 0.786. The first-order valence-corrected chi connectivity index (χ1v) is 5.53. The quantitative estimate of drug-likeness (QED) is 0.786. The van der Waals surface area contributed by atoms with Gasteiger partial charge in [0.2, 0.25) is 0 Å². The van der Waals surface area contributed by atoms with Crippen molar-refractivity contribution in [3.63, 3.8) is 0 Å². The average molecular weight is 263 g/mol. The van der Waals surface area contributed by atoms with E-state index in [-0.39, 0.29) is 0 Å². The lowest BCUT2D eigenvalue weighted by atomic mass is 10.1. The van der Waals surface area contributed by atoms with Crippen LogP contribution in [0.25, 0.3) is 11.4 Å². The van der Waals surface area contributed by atoms with Gasteiger partial charge in [-0.15, -0.1) is 0 Å². The molecule has 0 bridgehead atoms. The van der Waals surface area contributed by atoms with Crippen molar-refractivity contribution in [2.75, 3.05) is 0 Å². The molecule has 0 spiro atoms. The van der Waals surface area contributed by atoms with Gasteiger partial charge in [-0.05, 0) is 35.3 Å². The summed E-state index contributed by atoms with van der Waals surface area (Å²) < 4.78 is 0.944. The topological polar surface area (TPSA) is 25.8 Å². The fraction of sp³-hybridized carbons (Fsp3) is 0.167. The van der Waals surface area contributed by atoms with Gasteiger partial charge in [-0.3, -0.25) is 0 Å². The van der Waals surface area contributed by atoms with Crippen LogP contribution in [0.2, 0.25) is 0 Å². The van der Waals surface area contributed by atoms with Crippen LogP contribution in [-0.2, 0) is 0 Å². The first-order chi connectivity index (χ1) is 7.18. The highest BCUT2D eigenvalue weighted by Crippen LogP contribution is 2.21. The molecule has 76 valence electrons. The van der Waals surface area contributed by atoms with E-state index in [1.54, 1.807) is 6.20 Å². The maximum absolute atomic E-state index is 4.45. The molecule has 15 heavy (non-hydrogen) atoms. The summed E-state index contributed by atoms with van der Waals surface area (Å²) in [7, 11) is 0. The van der Waals surface area contributed by atoms with E-state index < -0.39 is 0 Å². The third kappa shape index (κ3) is 2.07. The Kier molecular flexibility index (Phi) is 2.82. The number of halogens is 1. The molecule has 2 nitrogen and oxygen atoms in total. The zero-order chi connectivity index (χ0) is 10.8. The molecule has 0 atom stereocenters. The van der Waals surface area contributed by atoms with Crippen LogP contribution in [0.5, 0.6) is 0 Å². The molecule has 0 fully saturated rings. The molecular weight excluding hydrogens is 252 g/mol. The SMILES string of the molecule is Cc1ccccc1-c1ncc(Br)c(C)n1. The largest absolute Gasteiger partial charge is 0.235 e. The summed E-state index contributed by atoms with van der Waals surface area (Å²) in [5, 5.41) is 0. The minimum Gasteiger partial charge on any atom is -0.235 e. The maximum atomic E-state index is 4.45. The minimum atomic E-state index is 0.786. The van der Waals surface area contributed by atoms with Gasteiger partial charge < -0.3 is 0 Å². The highest BCUT2D eigenvalue weighted by Gasteiger charge is 2.05. The van der Waals surface area contributed by atoms with Crippen LogP contribution in [0.1, 0.15) is 11.3 Å². The monoisotopic (exact) mass is 262 g/mol. The van der Waals surface area contributed by atoms with Crippen LogP contribution in [0.4, 0.5) is 0 Å². The van der Waals surface area contributed by atoms with Gasteiger partial charge in [0, 0.05) is 11.8 Å². The van der Waals surface area contributed by atoms with Gasteiger partial charge in [0.25, 0.3) is 0 Å². The molecular formula is C12H11BrN2. The van der Waals surface area contributed by atoms with Crippen molar-refractivity contribution in [1.82, 2.24) is 9.97 Å². The standard InChI is InChI=1S/C12H11BrN2/c1-8-5-3-4-6-10(8)12-14-7-11(13)9(2)15-12/h3-7H,1-2H3. The highest BCUT2D eigenvalue weighted by molar-refractivity contribution is 9.10. The van der Waals surface area contributed by atoms with Crippen LogP contribution < -0.4 is 0 Å². The second kappa shape index (κ2) is 4.11. The molecule has 0 aliphatic rings. The van der Waals surface area contributed by atoms with Crippen LogP contribution >= 0.6 is 15.9 Å². The van der Waals surface area contributed by atoms with Crippen molar-refractivity contribution in [2.45, 2.75) is 13.8 Å². The number of nitrogens with zero attached hydrogens (tertiary/aromatic N) is 2. The molecule has 0 aliphatic heterocycles. The van der Waals surface area contributed by atoms with Gasteiger partial charge in [0.05, 0.1) is 10.2 Å². The Bertz CT molecular complexity index is 495. The van der Waals surface area contributed by atoms with E-state index in [1.807, 2.05) is 25.1 Å². The highest BCUT2D eigenvalue weighted by atomic mass is 79.9. The predicted octanol–water partition coefficient (Wildman–Crippen LogP) is 3.52. The summed E-state index contributed by atoms with van der Waals surface area (Å²) in [5.41, 5.74) is 3.25. The van der Waals surface area contributed by atoms with Gasteiger partial charge in [0.15, 0.2) is 5.82 Å². The van der Waals surface area contributed by atoms with Crippen molar-refractivity contribution < 1.29 is 0 Å². The number of aromatic nitrogens is 2. The summed E-state index contributed by atoms with van der Waals surface area (Å²) in [6.45, 7) is 4.03. The molecule has 0 amide bonds. The molecule has 0 aliphatic carbocycles. The van der Waals surface area contributed by atoms with Crippen LogP contribution in [0.15, 0.2) is 34.9 Å². The summed E-state index contributed by atoms with van der Waals surface area (Å²) in [6.07, 6.45) is 1.80. The molecule has 2 aromatic rings. The third-order valence-electron chi connectivity index (χ3n) is 2.31. The third-order valence-corrected chi connectivity index (χ3v) is 3.08. The molecule has 0 saturated heterocycles. The summed E-state index contributed by atoms with van der Waals surface area (Å²) in [6, 6.07) is 8.13. The van der Waals surface area contributed by atoms with Crippen LogP contribution in [0, 0.1) is 13.8 Å². The smallest absolute Gasteiger partial charge is 0.159 e. The van der Waals surface area contributed by atoms with Gasteiger partial charge in [-0.25, -0.2) is 9.97 Å². The zero-order valence-corrected chi connectivity index (χ0v) is 10.2. The summed E-state index contributed by atoms with van der Waals surface area (Å²) >= 11 is 3.40. The Hall–Kier alpha value is -1.22. The maximum Gasteiger partial charge on any atom is 0.159 e. The Morgan fingerprint density at radius 3 is 2.53 bits per heavy atom. The van der Waals surface area contributed by atoms with Gasteiger partial charge in [0.1, 0.15) is 0 Å². The van der Waals surface area contributed by atoms with E-state index in [2.05, 4.69) is 38.9 Å². The molecule has 2 rings (SSSR count). The average Bonchev–Trinajstić information content (AvgIpc) is 2.23. The number of hydrogen-bond acceptors (Lipinski definition) is 2. The molecule has 0 unspecified atom stereocenters. The molecule has 0 N–H and O–H groups in total. The van der Waals surface area contributed by atoms with Gasteiger partial charge in [-0.2, -0.15) is 0 Å². The lowest BCUT2D eigenvalue weighted by Crippen LogP contribution is -1.93. The molecule has 0 saturated carbocycles. The second-order valence-electron chi connectivity index (χ2n) is 3.44. The Balaban J connectivity index is 2.55. The number of aryl methyl sites for hydroxylation is 2. The normalized spacial score (nSPS) is 10.3. The van der Waals surface area contributed by atoms with E-state index in [0.29, 0.717) is 0 Å². The van der Waals surface area contributed by atoms with Crippen molar-refractivity contribution in [3.8, 4) is 11.4 Å². The molecule has 1 aromatic carbocycles. The van der Waals surface area contributed by atoms with E-state index in [0.717, 1.165) is 21.6 Å². The van der Waals surface area contributed by atoms with E-state index in [1.165, 1.54) is 5.56 Å². The Morgan fingerprint density at radius 2 is 1.87 bits per heavy atom. The lowest BCUT2D eigenvalue weighted by molar-refractivity contribution is 1.09. The first-order valence-electron chi connectivity index (χ1n) is 4.73. The predicted molar refractivity (Wildman–Crippen MR) is 64.6 cm³/mol. The number of hydrogen-bond donors (Lipinski definition) is 0. The first kappa shape index (κ1) is 10.3. The van der Waals surface area contributed by atoms with Gasteiger partial charge >= 0.3 is 0 Å². The molecule has 1 aromatic heterocycles. The zero-order valence-electron chi connectivity index (χ0n) is 8.66. The molecule has 3 heteroatoms. The fourth-order valence-corrected chi connectivity index (χ4v) is 1.60. The summed E-state index contributed by atoms with van der Waals surface area (Å²) in [5.74, 6) is 0.786. The van der Waals surface area contributed by atoms with Crippen molar-refractivity contribution in [2.24, 2.45) is 0 Å². The van der Waals surface area contributed by atoms with Crippen LogP contribution in [-0.4, -0.2) is 9.97 Å². The van der Waals surface area contributed by atoms with E-state index in [4.69, 9.17) is 0 Å². The van der Waals surface area contributed by atoms with E-state index in [9.17, 15) is 0 Å². The second-order valence-corrected chi connectivity index (χ2v) is 4.30. The molecule has 0 radical (unpaired) electrons. The lowest BCUT2D eigenvalue weighted by Gasteiger charge is -2.05. The van der Waals surface area contributed by atoms with Gasteiger partial charge in [-0.1, -0.05) is 24.3 Å². The molecule has 1 heterocycles. The van der Waals surface area contributed by atoms with Crippen molar-refractivity contribution in [3.05, 3.63) is 46.2 Å². The number of benzene rings is 1. The Morgan fingerprint density at radius 1 is 1.13 bits per heavy atom. The fourth-order valence-electron chi connectivity index (χ4n) is 1.41. The van der Waals surface area contributed by atoms with Crippen molar-refractivity contribution >= 4 is 15.9 Å². The van der Waals surface area contributed by atoms with Crippen molar-refractivity contribution in [1.29, 1.82) is 0 Å². The summed E-state index contributed by atoms with van der Waals surface area (Å²) in [4.78, 5) is 8.76. The van der Waals surface area contributed by atoms with E-state index >= 15 is 0 Å². The van der Waals surface area contributed by atoms with Crippen LogP contribution in [0.3, 0.4) is 0 Å². The Labute approximate surface area is 97.5 Å².